The first-order chi connectivity index (χ1) is 11.1. The van der Waals surface area contributed by atoms with Crippen molar-refractivity contribution in [2.75, 3.05) is 0 Å². The van der Waals surface area contributed by atoms with E-state index >= 15 is 0 Å². The molecule has 3 rings (SSSR count). The molecule has 0 amide bonds. The van der Waals surface area contributed by atoms with Gasteiger partial charge in [0.15, 0.2) is 0 Å². The van der Waals surface area contributed by atoms with E-state index in [1.165, 1.54) is 11.3 Å². The third kappa shape index (κ3) is 3.69. The summed E-state index contributed by atoms with van der Waals surface area (Å²) in [6.45, 7) is 4.14. The van der Waals surface area contributed by atoms with Crippen LogP contribution in [0, 0.1) is 13.8 Å². The summed E-state index contributed by atoms with van der Waals surface area (Å²) >= 11 is 0. The van der Waals surface area contributed by atoms with Crippen molar-refractivity contribution < 1.29 is 4.74 Å². The van der Waals surface area contributed by atoms with Crippen LogP contribution in [0.25, 0.3) is 0 Å². The number of aromatic nitrogens is 1. The Labute approximate surface area is 136 Å². The van der Waals surface area contributed by atoms with E-state index in [4.69, 9.17) is 4.74 Å². The van der Waals surface area contributed by atoms with Crippen molar-refractivity contribution in [1.82, 2.24) is 4.57 Å². The lowest BCUT2D eigenvalue weighted by molar-refractivity contribution is 0.482. The van der Waals surface area contributed by atoms with Crippen LogP contribution in [0.5, 0.6) is 11.5 Å². The Morgan fingerprint density at radius 2 is 1.43 bits per heavy atom. The average molecular weight is 304 g/mol. The fourth-order valence-electron chi connectivity index (χ4n) is 2.25. The molecule has 0 spiro atoms. The largest absolute Gasteiger partial charge is 0.457 e. The van der Waals surface area contributed by atoms with Gasteiger partial charge < -0.3 is 9.30 Å². The predicted octanol–water partition coefficient (Wildman–Crippen LogP) is 5.18. The zero-order chi connectivity index (χ0) is 16.2. The summed E-state index contributed by atoms with van der Waals surface area (Å²) in [5.41, 5.74) is 4.42. The highest BCUT2D eigenvalue weighted by molar-refractivity contribution is 5.80. The molecule has 1 aromatic heterocycles. The topological polar surface area (TPSA) is 26.5 Å². The fraction of sp³-hybridized carbons (Fsp3) is 0.150. The van der Waals surface area contributed by atoms with Crippen LogP contribution >= 0.6 is 0 Å². The van der Waals surface area contributed by atoms with Crippen molar-refractivity contribution in [1.29, 1.82) is 0 Å². The van der Waals surface area contributed by atoms with Crippen molar-refractivity contribution in [2.45, 2.75) is 13.8 Å². The molecule has 0 N–H and O–H groups in total. The maximum atomic E-state index is 5.82. The van der Waals surface area contributed by atoms with Crippen LogP contribution in [-0.2, 0) is 7.05 Å². The molecule has 0 aliphatic rings. The lowest BCUT2D eigenvalue weighted by Crippen LogP contribution is -1.96. The molecular formula is C20H20N2O. The van der Waals surface area contributed by atoms with E-state index in [1.54, 1.807) is 0 Å². The van der Waals surface area contributed by atoms with Gasteiger partial charge in [-0.05, 0) is 62.4 Å². The van der Waals surface area contributed by atoms with Crippen LogP contribution in [-0.4, -0.2) is 10.8 Å². The van der Waals surface area contributed by atoms with Gasteiger partial charge in [-0.2, -0.15) is 0 Å². The summed E-state index contributed by atoms with van der Waals surface area (Å²) in [5, 5.41) is 0. The van der Waals surface area contributed by atoms with E-state index in [9.17, 15) is 0 Å². The highest BCUT2D eigenvalue weighted by Gasteiger charge is 1.99. The smallest absolute Gasteiger partial charge is 0.127 e. The van der Waals surface area contributed by atoms with E-state index in [0.29, 0.717) is 0 Å². The van der Waals surface area contributed by atoms with Gasteiger partial charge >= 0.3 is 0 Å². The quantitative estimate of drug-likeness (QED) is 0.610. The second-order valence-electron chi connectivity index (χ2n) is 5.63. The standard InChI is InChI=1S/C20H20N2O/c1-15-4-10-19(11-5-15)23-20-12-7-17(8-13-20)21-14-18-9-6-16(2)22(18)3/h4-14H,1-3H3. The Morgan fingerprint density at radius 1 is 0.826 bits per heavy atom. The van der Waals surface area contributed by atoms with Gasteiger partial charge in [0, 0.05) is 12.7 Å². The molecule has 2 aromatic carbocycles. The number of aliphatic imine (C=N–C) groups is 1. The van der Waals surface area contributed by atoms with Crippen molar-refractivity contribution in [3.05, 3.63) is 77.6 Å². The molecule has 3 heteroatoms. The van der Waals surface area contributed by atoms with Crippen LogP contribution in [0.1, 0.15) is 17.0 Å². The highest BCUT2D eigenvalue weighted by Crippen LogP contribution is 2.24. The monoisotopic (exact) mass is 304 g/mol. The SMILES string of the molecule is Cc1ccc(Oc2ccc(N=Cc3ccc(C)n3C)cc2)cc1. The number of benzene rings is 2. The van der Waals surface area contributed by atoms with Crippen LogP contribution in [0.3, 0.4) is 0 Å². The molecule has 0 aliphatic carbocycles. The lowest BCUT2D eigenvalue weighted by atomic mass is 10.2. The van der Waals surface area contributed by atoms with Crippen molar-refractivity contribution >= 4 is 11.9 Å². The first kappa shape index (κ1) is 15.1. The van der Waals surface area contributed by atoms with Gasteiger partial charge in [0.1, 0.15) is 11.5 Å². The first-order valence-electron chi connectivity index (χ1n) is 7.63. The van der Waals surface area contributed by atoms with Gasteiger partial charge in [0.05, 0.1) is 17.6 Å². The summed E-state index contributed by atoms with van der Waals surface area (Å²) in [7, 11) is 2.04. The van der Waals surface area contributed by atoms with Gasteiger partial charge in [0.2, 0.25) is 0 Å². The molecule has 3 nitrogen and oxygen atoms in total. The molecule has 116 valence electrons. The van der Waals surface area contributed by atoms with Gasteiger partial charge in [0.25, 0.3) is 0 Å². The Bertz CT molecular complexity index is 812. The van der Waals surface area contributed by atoms with E-state index < -0.39 is 0 Å². The van der Waals surface area contributed by atoms with Gasteiger partial charge in [-0.25, -0.2) is 0 Å². The second kappa shape index (κ2) is 6.53. The summed E-state index contributed by atoms with van der Waals surface area (Å²) in [4.78, 5) is 4.51. The summed E-state index contributed by atoms with van der Waals surface area (Å²) in [6.07, 6.45) is 1.88. The van der Waals surface area contributed by atoms with Crippen molar-refractivity contribution in [3.8, 4) is 11.5 Å². The molecule has 0 unspecified atom stereocenters. The third-order valence-electron chi connectivity index (χ3n) is 3.85. The van der Waals surface area contributed by atoms with Gasteiger partial charge in [-0.1, -0.05) is 17.7 Å². The molecule has 0 atom stereocenters. The second-order valence-corrected chi connectivity index (χ2v) is 5.63. The highest BCUT2D eigenvalue weighted by atomic mass is 16.5. The Hall–Kier alpha value is -2.81. The van der Waals surface area contributed by atoms with Crippen molar-refractivity contribution in [2.24, 2.45) is 12.0 Å². The maximum Gasteiger partial charge on any atom is 0.127 e. The summed E-state index contributed by atoms with van der Waals surface area (Å²) in [6, 6.07) is 19.9. The number of hydrogen-bond donors (Lipinski definition) is 0. The molecule has 0 saturated carbocycles. The Morgan fingerprint density at radius 3 is 2.00 bits per heavy atom. The number of nitrogens with zero attached hydrogens (tertiary/aromatic N) is 2. The maximum absolute atomic E-state index is 5.82. The predicted molar refractivity (Wildman–Crippen MR) is 95.1 cm³/mol. The molecular weight excluding hydrogens is 284 g/mol. The minimum atomic E-state index is 0.808. The molecule has 0 saturated heterocycles. The number of rotatable bonds is 4. The van der Waals surface area contributed by atoms with Gasteiger partial charge in [-0.3, -0.25) is 4.99 Å². The van der Waals surface area contributed by atoms with E-state index in [2.05, 4.69) is 35.5 Å². The lowest BCUT2D eigenvalue weighted by Gasteiger charge is -2.06. The Kier molecular flexibility index (Phi) is 4.29. The molecule has 0 fully saturated rings. The molecule has 23 heavy (non-hydrogen) atoms. The summed E-state index contributed by atoms with van der Waals surface area (Å²) < 4.78 is 7.93. The third-order valence-corrected chi connectivity index (χ3v) is 3.85. The number of hydrogen-bond acceptors (Lipinski definition) is 2. The number of aryl methyl sites for hydroxylation is 2. The Balaban J connectivity index is 1.69. The van der Waals surface area contributed by atoms with Crippen LogP contribution < -0.4 is 4.74 Å². The first-order valence-corrected chi connectivity index (χ1v) is 7.63. The van der Waals surface area contributed by atoms with E-state index in [-0.39, 0.29) is 0 Å². The fourth-order valence-corrected chi connectivity index (χ4v) is 2.25. The zero-order valence-corrected chi connectivity index (χ0v) is 13.7. The number of ether oxygens (including phenoxy) is 1. The van der Waals surface area contributed by atoms with E-state index in [1.807, 2.05) is 61.8 Å². The molecule has 3 aromatic rings. The average Bonchev–Trinajstić information content (AvgIpc) is 2.88. The minimum absolute atomic E-state index is 0.808. The molecule has 1 heterocycles. The molecule has 0 aliphatic heterocycles. The molecule has 0 radical (unpaired) electrons. The zero-order valence-electron chi connectivity index (χ0n) is 13.7. The van der Waals surface area contributed by atoms with Crippen LogP contribution in [0.2, 0.25) is 0 Å². The normalized spacial score (nSPS) is 11.1. The van der Waals surface area contributed by atoms with E-state index in [0.717, 1.165) is 22.9 Å². The molecule has 0 bridgehead atoms. The minimum Gasteiger partial charge on any atom is -0.457 e. The van der Waals surface area contributed by atoms with Gasteiger partial charge in [-0.15, -0.1) is 0 Å². The van der Waals surface area contributed by atoms with Crippen molar-refractivity contribution in [3.63, 3.8) is 0 Å². The van der Waals surface area contributed by atoms with Crippen LogP contribution in [0.4, 0.5) is 5.69 Å². The summed E-state index contributed by atoms with van der Waals surface area (Å²) in [5.74, 6) is 1.65. The van der Waals surface area contributed by atoms with Crippen LogP contribution in [0.15, 0.2) is 65.7 Å².